The Hall–Kier alpha value is -1.62. The van der Waals surface area contributed by atoms with Gasteiger partial charge in [0.1, 0.15) is 5.82 Å². The second-order valence-corrected chi connectivity index (χ2v) is 5.84. The largest absolute Gasteiger partial charge is 0.481 e. The minimum Gasteiger partial charge on any atom is -0.481 e. The Morgan fingerprint density at radius 3 is 2.57 bits per heavy atom. The summed E-state index contributed by atoms with van der Waals surface area (Å²) in [6.07, 6.45) is 3.84. The SMILES string of the molecule is O=C(O)CC1(NC(=O)c2cccc(F)c2Cl)CCCCC1. The minimum atomic E-state index is -0.956. The molecule has 4 nitrogen and oxygen atoms in total. The van der Waals surface area contributed by atoms with Crippen molar-refractivity contribution in [1.29, 1.82) is 0 Å². The molecule has 2 rings (SSSR count). The quantitative estimate of drug-likeness (QED) is 0.895. The number of benzene rings is 1. The second-order valence-electron chi connectivity index (χ2n) is 5.47. The molecule has 0 heterocycles. The average molecular weight is 314 g/mol. The highest BCUT2D eigenvalue weighted by molar-refractivity contribution is 6.34. The molecular formula is C15H17ClFNO3. The van der Waals surface area contributed by atoms with Crippen molar-refractivity contribution in [2.45, 2.75) is 44.1 Å². The molecule has 1 fully saturated rings. The zero-order valence-corrected chi connectivity index (χ0v) is 12.3. The van der Waals surface area contributed by atoms with Crippen LogP contribution in [-0.4, -0.2) is 22.5 Å². The molecule has 21 heavy (non-hydrogen) atoms. The van der Waals surface area contributed by atoms with Gasteiger partial charge in [-0.3, -0.25) is 9.59 Å². The molecular weight excluding hydrogens is 297 g/mol. The normalized spacial score (nSPS) is 17.2. The van der Waals surface area contributed by atoms with Gasteiger partial charge in [-0.2, -0.15) is 0 Å². The highest BCUT2D eigenvalue weighted by Gasteiger charge is 2.36. The maximum Gasteiger partial charge on any atom is 0.305 e. The van der Waals surface area contributed by atoms with Gasteiger partial charge >= 0.3 is 5.97 Å². The van der Waals surface area contributed by atoms with Gasteiger partial charge in [0.25, 0.3) is 5.91 Å². The molecule has 2 N–H and O–H groups in total. The van der Waals surface area contributed by atoms with Crippen LogP contribution in [0.5, 0.6) is 0 Å². The van der Waals surface area contributed by atoms with E-state index in [2.05, 4.69) is 5.32 Å². The van der Waals surface area contributed by atoms with E-state index in [9.17, 15) is 14.0 Å². The first-order valence-corrected chi connectivity index (χ1v) is 7.30. The lowest BCUT2D eigenvalue weighted by atomic mass is 9.79. The number of nitrogens with one attached hydrogen (secondary N) is 1. The van der Waals surface area contributed by atoms with Crippen molar-refractivity contribution in [3.8, 4) is 0 Å². The van der Waals surface area contributed by atoms with Gasteiger partial charge in [0.05, 0.1) is 22.5 Å². The van der Waals surface area contributed by atoms with Crippen LogP contribution in [0.3, 0.4) is 0 Å². The molecule has 0 radical (unpaired) electrons. The Kier molecular flexibility index (Phi) is 4.83. The van der Waals surface area contributed by atoms with Crippen LogP contribution in [-0.2, 0) is 4.79 Å². The highest BCUT2D eigenvalue weighted by Crippen LogP contribution is 2.32. The number of aliphatic carboxylic acids is 1. The molecule has 114 valence electrons. The lowest BCUT2D eigenvalue weighted by Crippen LogP contribution is -2.51. The smallest absolute Gasteiger partial charge is 0.305 e. The van der Waals surface area contributed by atoms with Crippen LogP contribution >= 0.6 is 11.6 Å². The van der Waals surface area contributed by atoms with Crippen LogP contribution < -0.4 is 5.32 Å². The molecule has 0 spiro atoms. The predicted molar refractivity (Wildman–Crippen MR) is 76.9 cm³/mol. The molecule has 0 saturated heterocycles. The number of halogens is 2. The molecule has 6 heteroatoms. The molecule has 0 atom stereocenters. The highest BCUT2D eigenvalue weighted by atomic mass is 35.5. The van der Waals surface area contributed by atoms with E-state index >= 15 is 0 Å². The first-order valence-electron chi connectivity index (χ1n) is 6.92. The summed E-state index contributed by atoms with van der Waals surface area (Å²) >= 11 is 5.80. The Bertz CT molecular complexity index is 556. The summed E-state index contributed by atoms with van der Waals surface area (Å²) in [6, 6.07) is 4.01. The summed E-state index contributed by atoms with van der Waals surface area (Å²) in [5, 5.41) is 11.6. The predicted octanol–water partition coefficient (Wildman–Crippen LogP) is 3.39. The second kappa shape index (κ2) is 6.43. The van der Waals surface area contributed by atoms with Gasteiger partial charge in [-0.15, -0.1) is 0 Å². The van der Waals surface area contributed by atoms with Crippen molar-refractivity contribution in [1.82, 2.24) is 5.32 Å². The van der Waals surface area contributed by atoms with Gasteiger partial charge in [0.15, 0.2) is 0 Å². The number of carbonyl (C=O) groups is 2. The van der Waals surface area contributed by atoms with Crippen molar-refractivity contribution < 1.29 is 19.1 Å². The summed E-state index contributed by atoms with van der Waals surface area (Å²) in [6.45, 7) is 0. The molecule has 1 aromatic carbocycles. The van der Waals surface area contributed by atoms with E-state index in [1.54, 1.807) is 0 Å². The molecule has 1 aromatic rings. The summed E-state index contributed by atoms with van der Waals surface area (Å²) < 4.78 is 13.4. The fourth-order valence-corrected chi connectivity index (χ4v) is 3.06. The van der Waals surface area contributed by atoms with Crippen molar-refractivity contribution in [2.75, 3.05) is 0 Å². The number of carboxylic acids is 1. The van der Waals surface area contributed by atoms with E-state index < -0.39 is 23.2 Å². The average Bonchev–Trinajstić information content (AvgIpc) is 2.41. The van der Waals surface area contributed by atoms with E-state index in [4.69, 9.17) is 16.7 Å². The number of rotatable bonds is 4. The fraction of sp³-hybridized carbons (Fsp3) is 0.467. The third kappa shape index (κ3) is 3.73. The summed E-state index contributed by atoms with van der Waals surface area (Å²) in [7, 11) is 0. The summed E-state index contributed by atoms with van der Waals surface area (Å²) in [4.78, 5) is 23.4. The third-order valence-electron chi connectivity index (χ3n) is 3.88. The van der Waals surface area contributed by atoms with E-state index in [1.807, 2.05) is 0 Å². The van der Waals surface area contributed by atoms with Crippen LogP contribution in [0, 0.1) is 5.82 Å². The molecule has 1 saturated carbocycles. The molecule has 1 aliphatic rings. The number of hydrogen-bond donors (Lipinski definition) is 2. The molecule has 1 amide bonds. The zero-order chi connectivity index (χ0) is 15.5. The van der Waals surface area contributed by atoms with Crippen molar-refractivity contribution in [2.24, 2.45) is 0 Å². The van der Waals surface area contributed by atoms with Crippen molar-refractivity contribution in [3.63, 3.8) is 0 Å². The topological polar surface area (TPSA) is 66.4 Å². The number of carbonyl (C=O) groups excluding carboxylic acids is 1. The monoisotopic (exact) mass is 313 g/mol. The first-order chi connectivity index (χ1) is 9.93. The third-order valence-corrected chi connectivity index (χ3v) is 4.26. The molecule has 0 unspecified atom stereocenters. The number of amides is 1. The standard InChI is InChI=1S/C15H17ClFNO3/c16-13-10(5-4-6-11(13)17)14(21)18-15(9-12(19)20)7-2-1-3-8-15/h4-6H,1-3,7-9H2,(H,18,21)(H,19,20). The van der Waals surface area contributed by atoms with Crippen LogP contribution in [0.25, 0.3) is 0 Å². The zero-order valence-electron chi connectivity index (χ0n) is 11.5. The fourth-order valence-electron chi connectivity index (χ4n) is 2.85. The van der Waals surface area contributed by atoms with E-state index in [0.29, 0.717) is 12.8 Å². The van der Waals surface area contributed by atoms with E-state index in [-0.39, 0.29) is 17.0 Å². The molecule has 1 aliphatic carbocycles. The Balaban J connectivity index is 2.21. The van der Waals surface area contributed by atoms with Gasteiger partial charge in [0, 0.05) is 0 Å². The van der Waals surface area contributed by atoms with Gasteiger partial charge < -0.3 is 10.4 Å². The number of carboxylic acid groups (broad SMARTS) is 1. The number of hydrogen-bond acceptors (Lipinski definition) is 2. The van der Waals surface area contributed by atoms with E-state index in [0.717, 1.165) is 19.3 Å². The summed E-state index contributed by atoms with van der Waals surface area (Å²) in [5.74, 6) is -2.15. The minimum absolute atomic E-state index is 0.0343. The molecule has 0 aromatic heterocycles. The van der Waals surface area contributed by atoms with Crippen molar-refractivity contribution in [3.05, 3.63) is 34.6 Å². The van der Waals surface area contributed by atoms with Crippen LogP contribution in [0.2, 0.25) is 5.02 Å². The maximum absolute atomic E-state index is 13.4. The van der Waals surface area contributed by atoms with Gasteiger partial charge in [-0.25, -0.2) is 4.39 Å². The summed E-state index contributed by atoms with van der Waals surface area (Å²) in [5.41, 5.74) is -0.733. The Morgan fingerprint density at radius 2 is 1.95 bits per heavy atom. The van der Waals surface area contributed by atoms with Gasteiger partial charge in [-0.05, 0) is 25.0 Å². The maximum atomic E-state index is 13.4. The molecule has 0 bridgehead atoms. The van der Waals surface area contributed by atoms with Gasteiger partial charge in [-0.1, -0.05) is 36.9 Å². The van der Waals surface area contributed by atoms with Gasteiger partial charge in [0.2, 0.25) is 0 Å². The van der Waals surface area contributed by atoms with Crippen LogP contribution in [0.15, 0.2) is 18.2 Å². The van der Waals surface area contributed by atoms with E-state index in [1.165, 1.54) is 18.2 Å². The Labute approximate surface area is 127 Å². The Morgan fingerprint density at radius 1 is 1.29 bits per heavy atom. The first kappa shape index (κ1) is 15.8. The lowest BCUT2D eigenvalue weighted by Gasteiger charge is -2.37. The van der Waals surface area contributed by atoms with Crippen molar-refractivity contribution >= 4 is 23.5 Å². The van der Waals surface area contributed by atoms with Crippen LogP contribution in [0.1, 0.15) is 48.9 Å². The van der Waals surface area contributed by atoms with Crippen LogP contribution in [0.4, 0.5) is 4.39 Å². The molecule has 0 aliphatic heterocycles. The lowest BCUT2D eigenvalue weighted by molar-refractivity contribution is -0.139.